The molecular formula is C16H18N4O. The van der Waals surface area contributed by atoms with E-state index in [1.807, 2.05) is 47.4 Å². The fraction of sp³-hybridized carbons (Fsp3) is 0.375. The molecule has 0 N–H and O–H groups in total. The second kappa shape index (κ2) is 5.33. The monoisotopic (exact) mass is 282 g/mol. The van der Waals surface area contributed by atoms with Crippen LogP contribution in [0.2, 0.25) is 0 Å². The molecular weight excluding hydrogens is 264 g/mol. The van der Waals surface area contributed by atoms with Crippen molar-refractivity contribution in [1.29, 1.82) is 0 Å². The lowest BCUT2D eigenvalue weighted by molar-refractivity contribution is 0.201. The summed E-state index contributed by atoms with van der Waals surface area (Å²) in [6, 6.07) is 10.4. The lowest BCUT2D eigenvalue weighted by atomic mass is 10.2. The van der Waals surface area contributed by atoms with Crippen molar-refractivity contribution in [3.63, 3.8) is 0 Å². The molecule has 2 aromatic heterocycles. The zero-order valence-corrected chi connectivity index (χ0v) is 11.9. The van der Waals surface area contributed by atoms with Crippen LogP contribution in [0.5, 0.6) is 0 Å². The number of para-hydroxylation sites is 2. The summed E-state index contributed by atoms with van der Waals surface area (Å²) in [6.45, 7) is 2.82. The molecule has 5 nitrogen and oxygen atoms in total. The van der Waals surface area contributed by atoms with Gasteiger partial charge in [0.1, 0.15) is 5.52 Å². The average molecular weight is 282 g/mol. The highest BCUT2D eigenvalue weighted by molar-refractivity contribution is 5.72. The van der Waals surface area contributed by atoms with E-state index in [1.165, 1.54) is 12.8 Å². The molecule has 1 aliphatic heterocycles. The summed E-state index contributed by atoms with van der Waals surface area (Å²) in [4.78, 5) is 7.03. The van der Waals surface area contributed by atoms with E-state index in [-0.39, 0.29) is 0 Å². The highest BCUT2D eigenvalue weighted by atomic mass is 16.3. The van der Waals surface area contributed by atoms with Crippen molar-refractivity contribution in [3.05, 3.63) is 48.6 Å². The van der Waals surface area contributed by atoms with Crippen LogP contribution in [0.15, 0.2) is 47.1 Å². The van der Waals surface area contributed by atoms with E-state index in [0.717, 1.165) is 36.6 Å². The van der Waals surface area contributed by atoms with Crippen LogP contribution in [-0.4, -0.2) is 32.3 Å². The molecule has 0 unspecified atom stereocenters. The highest BCUT2D eigenvalue weighted by Gasteiger charge is 2.26. The van der Waals surface area contributed by atoms with E-state index < -0.39 is 0 Å². The third kappa shape index (κ3) is 2.56. The van der Waals surface area contributed by atoms with Crippen LogP contribution >= 0.6 is 0 Å². The van der Waals surface area contributed by atoms with E-state index in [1.54, 1.807) is 0 Å². The van der Waals surface area contributed by atoms with Gasteiger partial charge in [-0.05, 0) is 37.6 Å². The molecule has 21 heavy (non-hydrogen) atoms. The van der Waals surface area contributed by atoms with Gasteiger partial charge in [-0.25, -0.2) is 4.98 Å². The van der Waals surface area contributed by atoms with Crippen LogP contribution in [-0.2, 0) is 13.1 Å². The summed E-state index contributed by atoms with van der Waals surface area (Å²) in [6.07, 6.45) is 6.29. The smallest absolute Gasteiger partial charge is 0.209 e. The molecule has 0 bridgehead atoms. The number of oxazole rings is 1. The third-order valence-corrected chi connectivity index (χ3v) is 4.13. The zero-order chi connectivity index (χ0) is 14.1. The predicted molar refractivity (Wildman–Crippen MR) is 79.7 cm³/mol. The minimum atomic E-state index is 0.514. The van der Waals surface area contributed by atoms with E-state index in [9.17, 15) is 0 Å². The number of hydrogen-bond acceptors (Lipinski definition) is 4. The summed E-state index contributed by atoms with van der Waals surface area (Å²) in [5.74, 6) is 0.809. The number of aromatic nitrogens is 3. The average Bonchev–Trinajstić information content (AvgIpc) is 3.21. The summed E-state index contributed by atoms with van der Waals surface area (Å²) in [5.41, 5.74) is 1.81. The fourth-order valence-electron chi connectivity index (χ4n) is 3.10. The topological polar surface area (TPSA) is 47.1 Å². The van der Waals surface area contributed by atoms with Crippen molar-refractivity contribution >= 4 is 11.1 Å². The summed E-state index contributed by atoms with van der Waals surface area (Å²) in [5, 5.41) is 4.31. The molecule has 0 spiro atoms. The van der Waals surface area contributed by atoms with E-state index >= 15 is 0 Å². The van der Waals surface area contributed by atoms with Crippen LogP contribution < -0.4 is 0 Å². The SMILES string of the molecule is c1ccc2oc(CN3CCC[C@@H]3Cn3cccn3)nc2c1. The molecule has 3 heterocycles. The number of rotatable bonds is 4. The molecule has 0 aliphatic carbocycles. The van der Waals surface area contributed by atoms with Crippen LogP contribution in [0, 0.1) is 0 Å². The van der Waals surface area contributed by atoms with Crippen LogP contribution in [0.25, 0.3) is 11.1 Å². The molecule has 1 atom stereocenters. The molecule has 1 aromatic carbocycles. The standard InChI is InChI=1S/C16H18N4O/c1-2-7-15-14(6-1)18-16(21-15)12-19-9-3-5-13(19)11-20-10-4-8-17-20/h1-2,4,6-8,10,13H,3,5,9,11-12H2/t13-/m1/s1. The second-order valence-corrected chi connectivity index (χ2v) is 5.57. The Bertz CT molecular complexity index is 686. The molecule has 108 valence electrons. The van der Waals surface area contributed by atoms with Crippen molar-refractivity contribution in [3.8, 4) is 0 Å². The first-order valence-corrected chi connectivity index (χ1v) is 7.44. The van der Waals surface area contributed by atoms with E-state index in [2.05, 4.69) is 15.0 Å². The Morgan fingerprint density at radius 1 is 1.24 bits per heavy atom. The first-order chi connectivity index (χ1) is 10.4. The van der Waals surface area contributed by atoms with Crippen molar-refractivity contribution in [2.45, 2.75) is 32.0 Å². The molecule has 1 saturated heterocycles. The van der Waals surface area contributed by atoms with Gasteiger partial charge in [-0.15, -0.1) is 0 Å². The third-order valence-electron chi connectivity index (χ3n) is 4.13. The number of nitrogens with zero attached hydrogens (tertiary/aromatic N) is 4. The Balaban J connectivity index is 1.49. The quantitative estimate of drug-likeness (QED) is 0.738. The van der Waals surface area contributed by atoms with Gasteiger partial charge in [-0.1, -0.05) is 12.1 Å². The zero-order valence-electron chi connectivity index (χ0n) is 11.9. The number of benzene rings is 1. The van der Waals surface area contributed by atoms with Crippen LogP contribution in [0.3, 0.4) is 0 Å². The fourth-order valence-corrected chi connectivity index (χ4v) is 3.10. The largest absolute Gasteiger partial charge is 0.439 e. The number of hydrogen-bond donors (Lipinski definition) is 0. The van der Waals surface area contributed by atoms with Crippen LogP contribution in [0.1, 0.15) is 18.7 Å². The lowest BCUT2D eigenvalue weighted by Gasteiger charge is -2.22. The first-order valence-electron chi connectivity index (χ1n) is 7.44. The summed E-state index contributed by atoms with van der Waals surface area (Å²) >= 11 is 0. The molecule has 1 aliphatic rings. The van der Waals surface area contributed by atoms with E-state index in [0.29, 0.717) is 6.04 Å². The Kier molecular flexibility index (Phi) is 3.20. The maximum atomic E-state index is 5.84. The molecule has 0 amide bonds. The maximum absolute atomic E-state index is 5.84. The van der Waals surface area contributed by atoms with Gasteiger partial charge in [0.15, 0.2) is 5.58 Å². The first kappa shape index (κ1) is 12.6. The van der Waals surface area contributed by atoms with Crippen molar-refractivity contribution < 1.29 is 4.42 Å². The van der Waals surface area contributed by atoms with Crippen molar-refractivity contribution in [2.75, 3.05) is 6.54 Å². The van der Waals surface area contributed by atoms with Crippen molar-refractivity contribution in [1.82, 2.24) is 19.7 Å². The normalized spacial score (nSPS) is 19.5. The van der Waals surface area contributed by atoms with Gasteiger partial charge in [0.05, 0.1) is 13.1 Å². The van der Waals surface area contributed by atoms with Crippen molar-refractivity contribution in [2.24, 2.45) is 0 Å². The molecule has 3 aromatic rings. The lowest BCUT2D eigenvalue weighted by Crippen LogP contribution is -2.32. The van der Waals surface area contributed by atoms with Gasteiger partial charge in [-0.3, -0.25) is 9.58 Å². The molecule has 0 radical (unpaired) electrons. The molecule has 4 rings (SSSR count). The highest BCUT2D eigenvalue weighted by Crippen LogP contribution is 2.23. The second-order valence-electron chi connectivity index (χ2n) is 5.57. The molecule has 0 saturated carbocycles. The Morgan fingerprint density at radius 3 is 3.05 bits per heavy atom. The predicted octanol–water partition coefficient (Wildman–Crippen LogP) is 2.69. The molecule has 5 heteroatoms. The Labute approximate surface area is 123 Å². The van der Waals surface area contributed by atoms with Gasteiger partial charge in [0, 0.05) is 18.4 Å². The maximum Gasteiger partial charge on any atom is 0.209 e. The van der Waals surface area contributed by atoms with Crippen LogP contribution in [0.4, 0.5) is 0 Å². The van der Waals surface area contributed by atoms with E-state index in [4.69, 9.17) is 4.42 Å². The summed E-state index contributed by atoms with van der Waals surface area (Å²) in [7, 11) is 0. The summed E-state index contributed by atoms with van der Waals surface area (Å²) < 4.78 is 7.85. The minimum absolute atomic E-state index is 0.514. The number of likely N-dealkylation sites (tertiary alicyclic amines) is 1. The van der Waals surface area contributed by atoms with Gasteiger partial charge in [-0.2, -0.15) is 5.10 Å². The van der Waals surface area contributed by atoms with Gasteiger partial charge < -0.3 is 4.42 Å². The van der Waals surface area contributed by atoms with Gasteiger partial charge in [0.2, 0.25) is 5.89 Å². The van der Waals surface area contributed by atoms with Gasteiger partial charge in [0.25, 0.3) is 0 Å². The van der Waals surface area contributed by atoms with Gasteiger partial charge >= 0.3 is 0 Å². The number of fused-ring (bicyclic) bond motifs is 1. The Morgan fingerprint density at radius 2 is 2.19 bits per heavy atom. The molecule has 1 fully saturated rings. The minimum Gasteiger partial charge on any atom is -0.439 e. The Hall–Kier alpha value is -2.14.